The number of aromatic hydroxyl groups is 1. The Labute approximate surface area is 183 Å². The smallest absolute Gasteiger partial charge is 0.123 e. The van der Waals surface area contributed by atoms with Crippen LogP contribution in [0.15, 0.2) is 72.8 Å². The van der Waals surface area contributed by atoms with Crippen LogP contribution in [0.5, 0.6) is 5.75 Å². The molecule has 0 aromatic heterocycles. The molecule has 1 N–H and O–H groups in total. The molecule has 3 aromatic rings. The van der Waals surface area contributed by atoms with Crippen molar-refractivity contribution in [3.05, 3.63) is 89.5 Å². The predicted octanol–water partition coefficient (Wildman–Crippen LogP) is 7.18. The fraction of sp³-hybridized carbons (Fsp3) is 0.357. The molecule has 0 aliphatic rings. The summed E-state index contributed by atoms with van der Waals surface area (Å²) in [6, 6.07) is 26.0. The molecule has 2 heteroatoms. The van der Waals surface area contributed by atoms with Crippen LogP contribution >= 0.6 is 7.92 Å². The van der Waals surface area contributed by atoms with E-state index >= 15 is 0 Å². The standard InChI is InChI=1S/C28H35OP/c1-20(30(22-14-10-8-11-15-22)23-16-12-9-13-17-23)24-18-21(27(2,3)4)19-25(26(24)29)28(5,6)7/h8-20,29H,1-7H3. The summed E-state index contributed by atoms with van der Waals surface area (Å²) in [5.74, 6) is 0.461. The molecule has 3 aromatic carbocycles. The van der Waals surface area contributed by atoms with Crippen molar-refractivity contribution in [1.82, 2.24) is 0 Å². The summed E-state index contributed by atoms with van der Waals surface area (Å²) < 4.78 is 0. The highest BCUT2D eigenvalue weighted by Crippen LogP contribution is 2.53. The SMILES string of the molecule is CC(c1cc(C(C)(C)C)cc(C(C)(C)C)c1O)P(c1ccccc1)c1ccccc1. The van der Waals surface area contributed by atoms with E-state index in [2.05, 4.69) is 121 Å². The number of benzene rings is 3. The molecule has 3 rings (SSSR count). The molecule has 0 fully saturated rings. The molecule has 0 aliphatic heterocycles. The van der Waals surface area contributed by atoms with E-state index in [1.54, 1.807) is 0 Å². The van der Waals surface area contributed by atoms with Crippen molar-refractivity contribution in [2.45, 2.75) is 65.0 Å². The molecular formula is C28H35OP. The van der Waals surface area contributed by atoms with E-state index in [0.29, 0.717) is 5.75 Å². The summed E-state index contributed by atoms with van der Waals surface area (Å²) in [5.41, 5.74) is 3.46. The van der Waals surface area contributed by atoms with Gasteiger partial charge in [0, 0.05) is 11.2 Å². The third-order valence-electron chi connectivity index (χ3n) is 5.72. The number of phenolic OH excluding ortho intramolecular Hbond substituents is 1. The maximum atomic E-state index is 11.4. The van der Waals surface area contributed by atoms with E-state index in [9.17, 15) is 5.11 Å². The second kappa shape index (κ2) is 8.56. The van der Waals surface area contributed by atoms with Gasteiger partial charge in [0.05, 0.1) is 0 Å². The third-order valence-corrected chi connectivity index (χ3v) is 8.48. The Hall–Kier alpha value is -2.11. The molecule has 1 nitrogen and oxygen atoms in total. The van der Waals surface area contributed by atoms with Gasteiger partial charge >= 0.3 is 0 Å². The Kier molecular flexibility index (Phi) is 6.44. The van der Waals surface area contributed by atoms with Crippen molar-refractivity contribution >= 4 is 18.5 Å². The first kappa shape index (κ1) is 22.6. The van der Waals surface area contributed by atoms with Gasteiger partial charge in [0.25, 0.3) is 0 Å². The van der Waals surface area contributed by atoms with Crippen LogP contribution in [-0.2, 0) is 10.8 Å². The molecule has 1 atom stereocenters. The lowest BCUT2D eigenvalue weighted by atomic mass is 9.78. The van der Waals surface area contributed by atoms with Crippen molar-refractivity contribution in [3.63, 3.8) is 0 Å². The van der Waals surface area contributed by atoms with Gasteiger partial charge in [-0.25, -0.2) is 0 Å². The average Bonchev–Trinajstić information content (AvgIpc) is 2.68. The maximum Gasteiger partial charge on any atom is 0.123 e. The first-order valence-corrected chi connectivity index (χ1v) is 12.2. The summed E-state index contributed by atoms with van der Waals surface area (Å²) in [6.07, 6.45) is 0. The summed E-state index contributed by atoms with van der Waals surface area (Å²) in [4.78, 5) is 0. The van der Waals surface area contributed by atoms with Crippen LogP contribution in [0.25, 0.3) is 0 Å². The monoisotopic (exact) mass is 418 g/mol. The Balaban J connectivity index is 2.23. The summed E-state index contributed by atoms with van der Waals surface area (Å²) in [5, 5.41) is 14.1. The van der Waals surface area contributed by atoms with Crippen molar-refractivity contribution in [2.75, 3.05) is 0 Å². The summed E-state index contributed by atoms with van der Waals surface area (Å²) in [7, 11) is -0.661. The minimum atomic E-state index is -0.661. The fourth-order valence-electron chi connectivity index (χ4n) is 3.89. The molecule has 0 saturated heterocycles. The molecule has 1 unspecified atom stereocenters. The van der Waals surface area contributed by atoms with Crippen molar-refractivity contribution in [3.8, 4) is 5.75 Å². The zero-order chi connectivity index (χ0) is 22.1. The van der Waals surface area contributed by atoms with Gasteiger partial charge in [0.15, 0.2) is 0 Å². The lowest BCUT2D eigenvalue weighted by molar-refractivity contribution is 0.438. The molecule has 0 spiro atoms. The Morgan fingerprint density at radius 2 is 1.17 bits per heavy atom. The molecule has 0 bridgehead atoms. The lowest BCUT2D eigenvalue weighted by Gasteiger charge is -2.32. The molecule has 0 saturated carbocycles. The third kappa shape index (κ3) is 4.79. The van der Waals surface area contributed by atoms with Crippen LogP contribution in [0.4, 0.5) is 0 Å². The zero-order valence-electron chi connectivity index (χ0n) is 19.4. The van der Waals surface area contributed by atoms with E-state index in [1.165, 1.54) is 16.2 Å². The molecule has 0 radical (unpaired) electrons. The van der Waals surface area contributed by atoms with Crippen LogP contribution in [-0.4, -0.2) is 5.11 Å². The van der Waals surface area contributed by atoms with Crippen molar-refractivity contribution < 1.29 is 5.11 Å². The van der Waals surface area contributed by atoms with E-state index < -0.39 is 7.92 Å². The molecule has 158 valence electrons. The summed E-state index contributed by atoms with van der Waals surface area (Å²) in [6.45, 7) is 15.6. The zero-order valence-corrected chi connectivity index (χ0v) is 20.3. The first-order chi connectivity index (χ1) is 14.0. The molecule has 0 heterocycles. The van der Waals surface area contributed by atoms with E-state index in [0.717, 1.165) is 11.1 Å². The van der Waals surface area contributed by atoms with Gasteiger partial charge in [-0.05, 0) is 40.5 Å². The fourth-order valence-corrected chi connectivity index (χ4v) is 6.55. The summed E-state index contributed by atoms with van der Waals surface area (Å²) >= 11 is 0. The van der Waals surface area contributed by atoms with Gasteiger partial charge in [-0.1, -0.05) is 121 Å². The Bertz CT molecular complexity index is 939. The highest BCUT2D eigenvalue weighted by Gasteiger charge is 2.30. The number of phenols is 1. The average molecular weight is 419 g/mol. The normalized spacial score (nSPS) is 13.5. The highest BCUT2D eigenvalue weighted by atomic mass is 31.1. The predicted molar refractivity (Wildman–Crippen MR) is 133 cm³/mol. The van der Waals surface area contributed by atoms with E-state index in [-0.39, 0.29) is 16.5 Å². The number of rotatable bonds is 4. The van der Waals surface area contributed by atoms with E-state index in [1.807, 2.05) is 0 Å². The Morgan fingerprint density at radius 1 is 0.700 bits per heavy atom. The largest absolute Gasteiger partial charge is 0.507 e. The van der Waals surface area contributed by atoms with Crippen LogP contribution in [0, 0.1) is 0 Å². The van der Waals surface area contributed by atoms with Gasteiger partial charge in [0.1, 0.15) is 5.75 Å². The molecule has 0 amide bonds. The van der Waals surface area contributed by atoms with Crippen LogP contribution in [0.3, 0.4) is 0 Å². The minimum absolute atomic E-state index is 0.0183. The van der Waals surface area contributed by atoms with Crippen molar-refractivity contribution in [1.29, 1.82) is 0 Å². The van der Waals surface area contributed by atoms with Gasteiger partial charge < -0.3 is 5.11 Å². The topological polar surface area (TPSA) is 20.2 Å². The Morgan fingerprint density at radius 3 is 1.57 bits per heavy atom. The lowest BCUT2D eigenvalue weighted by Crippen LogP contribution is -2.20. The van der Waals surface area contributed by atoms with Gasteiger partial charge in [-0.3, -0.25) is 0 Å². The van der Waals surface area contributed by atoms with Gasteiger partial charge in [-0.15, -0.1) is 0 Å². The van der Waals surface area contributed by atoms with Crippen LogP contribution in [0.1, 0.15) is 70.8 Å². The van der Waals surface area contributed by atoms with Crippen molar-refractivity contribution in [2.24, 2.45) is 0 Å². The molecule has 0 aliphatic carbocycles. The molecular weight excluding hydrogens is 383 g/mol. The van der Waals surface area contributed by atoms with E-state index in [4.69, 9.17) is 0 Å². The second-order valence-corrected chi connectivity index (χ2v) is 12.7. The maximum absolute atomic E-state index is 11.4. The first-order valence-electron chi connectivity index (χ1n) is 10.8. The highest BCUT2D eigenvalue weighted by molar-refractivity contribution is 7.73. The number of hydrogen-bond donors (Lipinski definition) is 1. The van der Waals surface area contributed by atoms with Crippen LogP contribution < -0.4 is 10.6 Å². The van der Waals surface area contributed by atoms with Crippen LogP contribution in [0.2, 0.25) is 0 Å². The number of hydrogen-bond acceptors (Lipinski definition) is 1. The second-order valence-electron chi connectivity index (χ2n) is 10.2. The van der Waals surface area contributed by atoms with Gasteiger partial charge in [0.2, 0.25) is 0 Å². The van der Waals surface area contributed by atoms with Gasteiger partial charge in [-0.2, -0.15) is 0 Å². The quantitative estimate of drug-likeness (QED) is 0.445. The minimum Gasteiger partial charge on any atom is -0.507 e. The molecule has 30 heavy (non-hydrogen) atoms.